The Labute approximate surface area is 80.4 Å². The minimum Gasteiger partial charge on any atom is -0.393 e. The first-order chi connectivity index (χ1) is 6.24. The minimum atomic E-state index is -0.315. The van der Waals surface area contributed by atoms with Crippen molar-refractivity contribution in [3.8, 4) is 0 Å². The van der Waals surface area contributed by atoms with Crippen LogP contribution >= 0.6 is 0 Å². The van der Waals surface area contributed by atoms with Gasteiger partial charge in [-0.15, -0.1) is 0 Å². The van der Waals surface area contributed by atoms with E-state index in [2.05, 4.69) is 4.90 Å². The third-order valence-corrected chi connectivity index (χ3v) is 2.77. The van der Waals surface area contributed by atoms with E-state index in [1.54, 1.807) is 0 Å². The van der Waals surface area contributed by atoms with Crippen LogP contribution in [0.5, 0.6) is 0 Å². The normalized spacial score (nSPS) is 29.3. The van der Waals surface area contributed by atoms with Gasteiger partial charge in [0.25, 0.3) is 0 Å². The molecule has 0 aromatic heterocycles. The van der Waals surface area contributed by atoms with Gasteiger partial charge in [-0.1, -0.05) is 6.92 Å². The molecule has 1 saturated heterocycles. The number of hydrogen-bond acceptors (Lipinski definition) is 3. The third kappa shape index (κ3) is 3.63. The molecule has 2 N–H and O–H groups in total. The van der Waals surface area contributed by atoms with E-state index in [0.717, 1.165) is 45.2 Å². The fourth-order valence-electron chi connectivity index (χ4n) is 1.82. The molecule has 1 rings (SSSR count). The fourth-order valence-corrected chi connectivity index (χ4v) is 1.82. The molecule has 0 spiro atoms. The summed E-state index contributed by atoms with van der Waals surface area (Å²) in [5, 5.41) is 19.1. The Morgan fingerprint density at radius 2 is 2.08 bits per heavy atom. The van der Waals surface area contributed by atoms with Crippen molar-refractivity contribution in [2.24, 2.45) is 0 Å². The summed E-state index contributed by atoms with van der Waals surface area (Å²) < 4.78 is 0. The molecule has 0 bridgehead atoms. The average molecular weight is 187 g/mol. The number of aliphatic hydroxyl groups is 2. The van der Waals surface area contributed by atoms with Crippen LogP contribution in [0.2, 0.25) is 0 Å². The smallest absolute Gasteiger partial charge is 0.107 e. The van der Waals surface area contributed by atoms with Crippen LogP contribution in [0.3, 0.4) is 0 Å². The van der Waals surface area contributed by atoms with E-state index in [1.807, 2.05) is 6.92 Å². The van der Waals surface area contributed by atoms with E-state index in [0.29, 0.717) is 0 Å². The van der Waals surface area contributed by atoms with E-state index in [1.165, 1.54) is 0 Å². The molecule has 0 aromatic carbocycles. The standard InChI is InChI=1S/C10H21NO2/c1-2-10(13)11-7-4-3-5-9(12)6-8-11/h9-10,12-13H,2-8H2,1H3/t9-,10?/m0/s1. The van der Waals surface area contributed by atoms with Gasteiger partial charge in [0.05, 0.1) is 6.10 Å². The predicted octanol–water partition coefficient (Wildman–Crippen LogP) is 0.952. The van der Waals surface area contributed by atoms with Gasteiger partial charge in [0.1, 0.15) is 6.23 Å². The summed E-state index contributed by atoms with van der Waals surface area (Å²) >= 11 is 0. The highest BCUT2D eigenvalue weighted by molar-refractivity contribution is 4.68. The summed E-state index contributed by atoms with van der Waals surface area (Å²) in [5.74, 6) is 0. The number of likely N-dealkylation sites (tertiary alicyclic amines) is 1. The first-order valence-electron chi connectivity index (χ1n) is 5.34. The van der Waals surface area contributed by atoms with Crippen LogP contribution in [-0.2, 0) is 0 Å². The molecular weight excluding hydrogens is 166 g/mol. The molecule has 0 aromatic rings. The Morgan fingerprint density at radius 3 is 2.77 bits per heavy atom. The summed E-state index contributed by atoms with van der Waals surface area (Å²) in [7, 11) is 0. The van der Waals surface area contributed by atoms with Crippen molar-refractivity contribution in [2.45, 2.75) is 51.4 Å². The average Bonchev–Trinajstić information content (AvgIpc) is 2.11. The number of aliphatic hydroxyl groups excluding tert-OH is 2. The maximum absolute atomic E-state index is 9.63. The van der Waals surface area contributed by atoms with Gasteiger partial charge in [0.2, 0.25) is 0 Å². The Morgan fingerprint density at radius 1 is 1.31 bits per heavy atom. The van der Waals surface area contributed by atoms with Crippen LogP contribution in [0.4, 0.5) is 0 Å². The maximum Gasteiger partial charge on any atom is 0.107 e. The molecule has 2 atom stereocenters. The lowest BCUT2D eigenvalue weighted by Gasteiger charge is -2.30. The Hall–Kier alpha value is -0.120. The van der Waals surface area contributed by atoms with Crippen molar-refractivity contribution in [3.05, 3.63) is 0 Å². The second kappa shape index (κ2) is 5.58. The van der Waals surface area contributed by atoms with Crippen molar-refractivity contribution >= 4 is 0 Å². The number of rotatable bonds is 2. The van der Waals surface area contributed by atoms with E-state index >= 15 is 0 Å². The van der Waals surface area contributed by atoms with E-state index in [-0.39, 0.29) is 12.3 Å². The Balaban J connectivity index is 2.36. The molecule has 3 nitrogen and oxygen atoms in total. The molecule has 1 heterocycles. The van der Waals surface area contributed by atoms with Crippen LogP contribution in [0, 0.1) is 0 Å². The number of nitrogens with zero attached hydrogens (tertiary/aromatic N) is 1. The summed E-state index contributed by atoms with van der Waals surface area (Å²) in [6, 6.07) is 0. The maximum atomic E-state index is 9.63. The summed E-state index contributed by atoms with van der Waals surface area (Å²) in [6.45, 7) is 3.79. The Kier molecular flexibility index (Phi) is 4.70. The Bertz CT molecular complexity index is 141. The van der Waals surface area contributed by atoms with Crippen LogP contribution < -0.4 is 0 Å². The summed E-state index contributed by atoms with van der Waals surface area (Å²) in [5.41, 5.74) is 0. The monoisotopic (exact) mass is 187 g/mol. The molecule has 1 aliphatic rings. The SMILES string of the molecule is CCC(O)N1CCCC[C@H](O)CC1. The van der Waals surface area contributed by atoms with E-state index < -0.39 is 0 Å². The zero-order chi connectivity index (χ0) is 9.68. The molecule has 0 amide bonds. The topological polar surface area (TPSA) is 43.7 Å². The molecule has 0 aliphatic carbocycles. The molecule has 0 radical (unpaired) electrons. The highest BCUT2D eigenvalue weighted by Gasteiger charge is 2.17. The summed E-state index contributed by atoms with van der Waals surface area (Å²) in [6.07, 6.45) is 4.20. The molecule has 78 valence electrons. The lowest BCUT2D eigenvalue weighted by molar-refractivity contribution is -0.0144. The van der Waals surface area contributed by atoms with Crippen LogP contribution in [0.1, 0.15) is 39.0 Å². The molecule has 1 fully saturated rings. The fraction of sp³-hybridized carbons (Fsp3) is 1.00. The van der Waals surface area contributed by atoms with Gasteiger partial charge < -0.3 is 10.2 Å². The van der Waals surface area contributed by atoms with Gasteiger partial charge in [0.15, 0.2) is 0 Å². The van der Waals surface area contributed by atoms with Gasteiger partial charge in [-0.25, -0.2) is 0 Å². The largest absolute Gasteiger partial charge is 0.393 e. The number of hydrogen-bond donors (Lipinski definition) is 2. The second-order valence-electron chi connectivity index (χ2n) is 3.86. The van der Waals surface area contributed by atoms with Crippen LogP contribution in [-0.4, -0.2) is 40.5 Å². The zero-order valence-electron chi connectivity index (χ0n) is 8.45. The second-order valence-corrected chi connectivity index (χ2v) is 3.86. The highest BCUT2D eigenvalue weighted by atomic mass is 16.3. The van der Waals surface area contributed by atoms with Crippen molar-refractivity contribution in [1.29, 1.82) is 0 Å². The predicted molar refractivity (Wildman–Crippen MR) is 52.3 cm³/mol. The lowest BCUT2D eigenvalue weighted by Crippen LogP contribution is -2.38. The first kappa shape index (κ1) is 11.0. The van der Waals surface area contributed by atoms with Crippen molar-refractivity contribution in [3.63, 3.8) is 0 Å². The highest BCUT2D eigenvalue weighted by Crippen LogP contribution is 2.13. The van der Waals surface area contributed by atoms with Crippen molar-refractivity contribution in [1.82, 2.24) is 4.90 Å². The summed E-state index contributed by atoms with van der Waals surface area (Å²) in [4.78, 5) is 2.07. The lowest BCUT2D eigenvalue weighted by atomic mass is 10.1. The van der Waals surface area contributed by atoms with Gasteiger partial charge in [-0.05, 0) is 32.1 Å². The van der Waals surface area contributed by atoms with Crippen LogP contribution in [0.15, 0.2) is 0 Å². The van der Waals surface area contributed by atoms with E-state index in [4.69, 9.17) is 0 Å². The molecule has 1 aliphatic heterocycles. The molecular formula is C10H21NO2. The van der Waals surface area contributed by atoms with Gasteiger partial charge in [0, 0.05) is 13.1 Å². The van der Waals surface area contributed by atoms with Gasteiger partial charge in [-0.2, -0.15) is 0 Å². The molecule has 1 unspecified atom stereocenters. The molecule has 13 heavy (non-hydrogen) atoms. The minimum absolute atomic E-state index is 0.160. The third-order valence-electron chi connectivity index (χ3n) is 2.77. The van der Waals surface area contributed by atoms with E-state index in [9.17, 15) is 10.2 Å². The van der Waals surface area contributed by atoms with Crippen molar-refractivity contribution < 1.29 is 10.2 Å². The first-order valence-corrected chi connectivity index (χ1v) is 5.34. The quantitative estimate of drug-likeness (QED) is 0.676. The van der Waals surface area contributed by atoms with Gasteiger partial charge in [-0.3, -0.25) is 4.90 Å². The van der Waals surface area contributed by atoms with Gasteiger partial charge >= 0.3 is 0 Å². The zero-order valence-corrected chi connectivity index (χ0v) is 8.45. The molecule has 0 saturated carbocycles. The van der Waals surface area contributed by atoms with Crippen molar-refractivity contribution in [2.75, 3.05) is 13.1 Å². The van der Waals surface area contributed by atoms with Crippen LogP contribution in [0.25, 0.3) is 0 Å². The molecule has 3 heteroatoms.